The van der Waals surface area contributed by atoms with Crippen molar-refractivity contribution in [3.63, 3.8) is 0 Å². The number of carbonyl (C=O) groups is 1. The van der Waals surface area contributed by atoms with Gasteiger partial charge in [0.1, 0.15) is 6.29 Å². The number of nitrogens with zero attached hydrogens (tertiary/aromatic N) is 1. The maximum Gasteiger partial charge on any atom is 0.311 e. The summed E-state index contributed by atoms with van der Waals surface area (Å²) in [6, 6.07) is 4.94. The van der Waals surface area contributed by atoms with Crippen LogP contribution in [0.4, 0.5) is 5.69 Å². The van der Waals surface area contributed by atoms with Crippen molar-refractivity contribution in [2.75, 3.05) is 7.11 Å². The topological polar surface area (TPSA) is 69.4 Å². The second kappa shape index (κ2) is 6.62. The van der Waals surface area contributed by atoms with Crippen molar-refractivity contribution >= 4 is 12.0 Å². The van der Waals surface area contributed by atoms with Gasteiger partial charge in [-0.3, -0.25) is 10.1 Å². The second-order valence-corrected chi connectivity index (χ2v) is 3.68. The van der Waals surface area contributed by atoms with Crippen LogP contribution in [-0.2, 0) is 11.2 Å². The SMILES string of the molecule is COc1ccc(CCCCC=O)cc1[N+](=O)[O-]. The van der Waals surface area contributed by atoms with Crippen LogP contribution in [0.3, 0.4) is 0 Å². The minimum atomic E-state index is -0.451. The van der Waals surface area contributed by atoms with Crippen molar-refractivity contribution in [3.8, 4) is 5.75 Å². The van der Waals surface area contributed by atoms with E-state index in [9.17, 15) is 14.9 Å². The fourth-order valence-electron chi connectivity index (χ4n) is 1.59. The molecule has 0 spiro atoms. The fraction of sp³-hybridized carbons (Fsp3) is 0.417. The van der Waals surface area contributed by atoms with Crippen LogP contribution in [0.5, 0.6) is 5.75 Å². The molecular formula is C12H15NO4. The van der Waals surface area contributed by atoms with Crippen LogP contribution in [0, 0.1) is 10.1 Å². The lowest BCUT2D eigenvalue weighted by atomic mass is 10.1. The average molecular weight is 237 g/mol. The molecule has 0 N–H and O–H groups in total. The van der Waals surface area contributed by atoms with Gasteiger partial charge in [-0.25, -0.2) is 0 Å². The van der Waals surface area contributed by atoms with Crippen LogP contribution in [0.25, 0.3) is 0 Å². The van der Waals surface area contributed by atoms with Gasteiger partial charge in [0.15, 0.2) is 5.75 Å². The van der Waals surface area contributed by atoms with Crippen molar-refractivity contribution in [2.24, 2.45) is 0 Å². The Bertz CT molecular complexity index is 403. The van der Waals surface area contributed by atoms with Crippen LogP contribution < -0.4 is 4.74 Å². The summed E-state index contributed by atoms with van der Waals surface area (Å²) in [7, 11) is 1.41. The molecule has 0 saturated carbocycles. The maximum absolute atomic E-state index is 10.8. The Balaban J connectivity index is 2.71. The first-order valence-corrected chi connectivity index (χ1v) is 5.44. The van der Waals surface area contributed by atoms with Crippen molar-refractivity contribution < 1.29 is 14.5 Å². The Morgan fingerprint density at radius 3 is 2.76 bits per heavy atom. The van der Waals surface area contributed by atoms with E-state index in [2.05, 4.69) is 0 Å². The normalized spacial score (nSPS) is 9.94. The minimum absolute atomic E-state index is 0.0135. The van der Waals surface area contributed by atoms with Crippen molar-refractivity contribution in [3.05, 3.63) is 33.9 Å². The average Bonchev–Trinajstić information content (AvgIpc) is 2.34. The lowest BCUT2D eigenvalue weighted by Gasteiger charge is -2.04. The molecule has 5 nitrogen and oxygen atoms in total. The quantitative estimate of drug-likeness (QED) is 0.316. The number of rotatable bonds is 7. The highest BCUT2D eigenvalue weighted by atomic mass is 16.6. The number of carbonyl (C=O) groups excluding carboxylic acids is 1. The van der Waals surface area contributed by atoms with Gasteiger partial charge < -0.3 is 9.53 Å². The summed E-state index contributed by atoms with van der Waals surface area (Å²) in [6.07, 6.45) is 3.82. The molecule has 0 aliphatic carbocycles. The molecule has 0 heterocycles. The van der Waals surface area contributed by atoms with Gasteiger partial charge in [0.05, 0.1) is 12.0 Å². The van der Waals surface area contributed by atoms with Gasteiger partial charge in [-0.05, 0) is 30.9 Å². The Morgan fingerprint density at radius 1 is 1.41 bits per heavy atom. The van der Waals surface area contributed by atoms with E-state index < -0.39 is 4.92 Å². The first-order valence-electron chi connectivity index (χ1n) is 5.44. The molecule has 0 saturated heterocycles. The largest absolute Gasteiger partial charge is 0.490 e. The predicted molar refractivity (Wildman–Crippen MR) is 63.3 cm³/mol. The molecule has 0 amide bonds. The molecule has 0 fully saturated rings. The van der Waals surface area contributed by atoms with E-state index in [1.165, 1.54) is 13.2 Å². The summed E-state index contributed by atoms with van der Waals surface area (Å²) in [5.74, 6) is 0.270. The summed E-state index contributed by atoms with van der Waals surface area (Å²) in [6.45, 7) is 0. The van der Waals surface area contributed by atoms with Gasteiger partial charge in [-0.15, -0.1) is 0 Å². The van der Waals surface area contributed by atoms with Gasteiger partial charge in [0.25, 0.3) is 0 Å². The molecule has 17 heavy (non-hydrogen) atoms. The van der Waals surface area contributed by atoms with Crippen LogP contribution >= 0.6 is 0 Å². The maximum atomic E-state index is 10.8. The number of ether oxygens (including phenoxy) is 1. The molecule has 92 valence electrons. The molecule has 1 aromatic rings. The zero-order valence-corrected chi connectivity index (χ0v) is 9.72. The number of hydrogen-bond donors (Lipinski definition) is 0. The molecule has 0 unspecified atom stereocenters. The first-order chi connectivity index (χ1) is 8.19. The predicted octanol–water partition coefficient (Wildman–Crippen LogP) is 2.52. The van der Waals surface area contributed by atoms with E-state index in [1.807, 2.05) is 6.07 Å². The van der Waals surface area contributed by atoms with E-state index in [0.29, 0.717) is 6.42 Å². The molecule has 0 atom stereocenters. The van der Waals surface area contributed by atoms with Crippen LogP contribution in [0.2, 0.25) is 0 Å². The number of nitro benzene ring substituents is 1. The standard InChI is InChI=1S/C12H15NO4/c1-17-12-7-6-10(5-3-2-4-8-14)9-11(12)13(15)16/h6-9H,2-5H2,1H3. The van der Waals surface area contributed by atoms with Gasteiger partial charge in [0.2, 0.25) is 0 Å². The number of aldehydes is 1. The molecule has 1 aromatic carbocycles. The smallest absolute Gasteiger partial charge is 0.311 e. The van der Waals surface area contributed by atoms with Crippen molar-refractivity contribution in [1.29, 1.82) is 0 Å². The summed E-state index contributed by atoms with van der Waals surface area (Å²) in [5, 5.41) is 10.8. The Kier molecular flexibility index (Phi) is 5.13. The van der Waals surface area contributed by atoms with E-state index in [4.69, 9.17) is 4.74 Å². The summed E-state index contributed by atoms with van der Waals surface area (Å²) in [4.78, 5) is 20.5. The lowest BCUT2D eigenvalue weighted by Crippen LogP contribution is -1.95. The van der Waals surface area contributed by atoms with Crippen LogP contribution in [0.1, 0.15) is 24.8 Å². The van der Waals surface area contributed by atoms with E-state index in [1.54, 1.807) is 6.07 Å². The molecule has 0 radical (unpaired) electrons. The van der Waals surface area contributed by atoms with Gasteiger partial charge in [0, 0.05) is 12.5 Å². The third kappa shape index (κ3) is 3.86. The zero-order valence-electron chi connectivity index (χ0n) is 9.72. The van der Waals surface area contributed by atoms with E-state index in [0.717, 1.165) is 31.1 Å². The van der Waals surface area contributed by atoms with E-state index >= 15 is 0 Å². The zero-order chi connectivity index (χ0) is 12.7. The van der Waals surface area contributed by atoms with Crippen molar-refractivity contribution in [1.82, 2.24) is 0 Å². The van der Waals surface area contributed by atoms with Gasteiger partial charge >= 0.3 is 5.69 Å². The third-order valence-corrected chi connectivity index (χ3v) is 2.48. The Labute approximate surface area is 99.5 Å². The van der Waals surface area contributed by atoms with Gasteiger partial charge in [-0.2, -0.15) is 0 Å². The van der Waals surface area contributed by atoms with Crippen LogP contribution in [0.15, 0.2) is 18.2 Å². The summed E-state index contributed by atoms with van der Waals surface area (Å²) >= 11 is 0. The molecule has 0 bridgehead atoms. The summed E-state index contributed by atoms with van der Waals surface area (Å²) in [5.41, 5.74) is 0.879. The second-order valence-electron chi connectivity index (χ2n) is 3.68. The molecule has 1 rings (SSSR count). The molecular weight excluding hydrogens is 222 g/mol. The van der Waals surface area contributed by atoms with Crippen molar-refractivity contribution in [2.45, 2.75) is 25.7 Å². The molecule has 5 heteroatoms. The number of nitro groups is 1. The highest BCUT2D eigenvalue weighted by Gasteiger charge is 2.14. The number of aryl methyl sites for hydroxylation is 1. The first kappa shape index (κ1) is 13.2. The Morgan fingerprint density at radius 2 is 2.18 bits per heavy atom. The molecule has 0 aliphatic rings. The monoisotopic (exact) mass is 237 g/mol. The molecule has 0 aliphatic heterocycles. The number of hydrogen-bond acceptors (Lipinski definition) is 4. The number of unbranched alkanes of at least 4 members (excludes halogenated alkanes) is 2. The third-order valence-electron chi connectivity index (χ3n) is 2.48. The van der Waals surface area contributed by atoms with Crippen LogP contribution in [-0.4, -0.2) is 18.3 Å². The minimum Gasteiger partial charge on any atom is -0.490 e. The lowest BCUT2D eigenvalue weighted by molar-refractivity contribution is -0.385. The Hall–Kier alpha value is -1.91. The summed E-state index contributed by atoms with van der Waals surface area (Å²) < 4.78 is 4.92. The fourth-order valence-corrected chi connectivity index (χ4v) is 1.59. The van der Waals surface area contributed by atoms with E-state index in [-0.39, 0.29) is 11.4 Å². The number of methoxy groups -OCH3 is 1. The van der Waals surface area contributed by atoms with Gasteiger partial charge in [-0.1, -0.05) is 6.07 Å². The highest BCUT2D eigenvalue weighted by molar-refractivity contribution is 5.49. The molecule has 0 aromatic heterocycles. The highest BCUT2D eigenvalue weighted by Crippen LogP contribution is 2.28. The number of benzene rings is 1.